The molecule has 0 aromatic heterocycles. The van der Waals surface area contributed by atoms with E-state index < -0.39 is 23.0 Å². The van der Waals surface area contributed by atoms with E-state index in [1.54, 1.807) is 0 Å². The van der Waals surface area contributed by atoms with Crippen LogP contribution in [0.15, 0.2) is 0 Å². The Morgan fingerprint density at radius 2 is 2.33 bits per heavy atom. The molecule has 1 unspecified atom stereocenters. The zero-order valence-electron chi connectivity index (χ0n) is 10.0. The summed E-state index contributed by atoms with van der Waals surface area (Å²) in [5.74, 6) is -2.04. The molecule has 0 aromatic carbocycles. The van der Waals surface area contributed by atoms with E-state index in [9.17, 15) is 14.7 Å². The van der Waals surface area contributed by atoms with E-state index in [2.05, 4.69) is 0 Å². The first-order chi connectivity index (χ1) is 6.84. The van der Waals surface area contributed by atoms with Gasteiger partial charge in [0, 0.05) is 24.5 Å². The van der Waals surface area contributed by atoms with E-state index in [1.807, 2.05) is 13.8 Å². The molecule has 78 valence electrons. The van der Waals surface area contributed by atoms with Gasteiger partial charge in [0.05, 0.1) is 11.8 Å². The minimum Gasteiger partial charge on any atom is -0.550 e. The van der Waals surface area contributed by atoms with E-state index in [-0.39, 0.29) is 47.4 Å². The van der Waals surface area contributed by atoms with Crippen molar-refractivity contribution in [1.82, 2.24) is 4.90 Å². The van der Waals surface area contributed by atoms with Gasteiger partial charge in [-0.25, -0.2) is 0 Å². The molecule has 3 atom stereocenters. The van der Waals surface area contributed by atoms with Gasteiger partial charge in [0.1, 0.15) is 0 Å². The van der Waals surface area contributed by atoms with E-state index in [4.69, 9.17) is 1.37 Å². The second-order valence-electron chi connectivity index (χ2n) is 4.14. The molecule has 0 aliphatic carbocycles. The van der Waals surface area contributed by atoms with Crippen LogP contribution >= 0.6 is 11.8 Å². The molecule has 0 saturated carbocycles. The molecular formula is C9H12NNaO3S. The first-order valence-corrected chi connectivity index (χ1v) is 5.34. The fourth-order valence-corrected chi connectivity index (χ4v) is 3.27. The van der Waals surface area contributed by atoms with Crippen molar-refractivity contribution in [2.75, 3.05) is 6.54 Å². The van der Waals surface area contributed by atoms with Gasteiger partial charge in [0.25, 0.3) is 0 Å². The monoisotopic (exact) mass is 238 g/mol. The molecule has 2 aliphatic rings. The molecule has 2 saturated heterocycles. The first-order valence-electron chi connectivity index (χ1n) is 5.04. The molecule has 2 fully saturated rings. The molecule has 6 heteroatoms. The van der Waals surface area contributed by atoms with Gasteiger partial charge in [-0.15, -0.1) is 11.8 Å². The van der Waals surface area contributed by atoms with Crippen molar-refractivity contribution in [3.63, 3.8) is 0 Å². The normalized spacial score (nSPS) is 38.3. The van der Waals surface area contributed by atoms with Crippen molar-refractivity contribution in [2.24, 2.45) is 5.92 Å². The van der Waals surface area contributed by atoms with Crippen LogP contribution in [0.4, 0.5) is 0 Å². The number of amides is 1. The molecule has 2 rings (SSSR count). The summed E-state index contributed by atoms with van der Waals surface area (Å²) in [6.45, 7) is 3.83. The van der Waals surface area contributed by atoms with Crippen molar-refractivity contribution >= 4 is 23.6 Å². The molecule has 15 heavy (non-hydrogen) atoms. The zero-order valence-corrected chi connectivity index (χ0v) is 11.8. The van der Waals surface area contributed by atoms with Gasteiger partial charge in [-0.1, -0.05) is 0 Å². The molecular weight excluding hydrogens is 225 g/mol. The number of carbonyl (C=O) groups excluding carboxylic acids is 2. The predicted molar refractivity (Wildman–Crippen MR) is 50.3 cm³/mol. The van der Waals surface area contributed by atoms with Gasteiger partial charge in [-0.2, -0.15) is 0 Å². The predicted octanol–water partition coefficient (Wildman–Crippen LogP) is -3.56. The number of hydrogen-bond acceptors (Lipinski definition) is 4. The van der Waals surface area contributed by atoms with Crippen LogP contribution in [-0.2, 0) is 9.59 Å². The number of nitrogens with zero attached hydrogens (tertiary/aromatic N) is 1. The van der Waals surface area contributed by atoms with Crippen LogP contribution < -0.4 is 34.7 Å². The average molecular weight is 238 g/mol. The minimum atomic E-state index is -1.12. The number of aliphatic carboxylic acids is 1. The first kappa shape index (κ1) is 11.8. The average Bonchev–Trinajstić information content (AvgIpc) is 2.14. The maximum Gasteiger partial charge on any atom is 1.00 e. The second-order valence-corrected chi connectivity index (χ2v) is 5.91. The number of β-lactam (4-membered cyclic amide) rings is 1. The third-order valence-corrected chi connectivity index (χ3v) is 4.33. The number of rotatable bonds is 1. The van der Waals surface area contributed by atoms with Crippen LogP contribution in [0, 0.1) is 5.92 Å². The van der Waals surface area contributed by atoms with Gasteiger partial charge >= 0.3 is 29.6 Å². The summed E-state index contributed by atoms with van der Waals surface area (Å²) in [5.41, 5.74) is 0. The van der Waals surface area contributed by atoms with E-state index in [0.717, 1.165) is 0 Å². The fourth-order valence-electron chi connectivity index (χ4n) is 1.81. The topological polar surface area (TPSA) is 60.4 Å². The molecule has 2 aliphatic heterocycles. The molecule has 0 aromatic rings. The number of hydrogen-bond donors (Lipinski definition) is 0. The molecule has 0 radical (unpaired) electrons. The van der Waals surface area contributed by atoms with Gasteiger partial charge in [0.15, 0.2) is 0 Å². The van der Waals surface area contributed by atoms with E-state index in [1.165, 1.54) is 16.7 Å². The largest absolute Gasteiger partial charge is 1.00 e. The van der Waals surface area contributed by atoms with Crippen LogP contribution in [0.1, 0.15) is 21.6 Å². The van der Waals surface area contributed by atoms with Crippen molar-refractivity contribution in [3.05, 3.63) is 0 Å². The Hall–Kier alpha value is 0.290. The van der Waals surface area contributed by atoms with Gasteiger partial charge in [-0.3, -0.25) is 4.79 Å². The molecule has 0 spiro atoms. The third kappa shape index (κ3) is 2.20. The van der Waals surface area contributed by atoms with Gasteiger partial charge in [-0.05, 0) is 13.8 Å². The van der Waals surface area contributed by atoms with E-state index in [0.29, 0.717) is 0 Å². The molecule has 1 amide bonds. The van der Waals surface area contributed by atoms with Crippen LogP contribution in [0.5, 0.6) is 0 Å². The quantitative estimate of drug-likeness (QED) is 0.350. The SMILES string of the molecule is [2H]C1C(=O)N2C[C@@H](C(=O)[O-])C(C)(C)S[C@H]12.[Na+]. The Kier molecular flexibility index (Phi) is 3.36. The van der Waals surface area contributed by atoms with Crippen molar-refractivity contribution in [2.45, 2.75) is 30.4 Å². The Labute approximate surface area is 116 Å². The summed E-state index contributed by atoms with van der Waals surface area (Å²) >= 11 is 1.38. The number of carboxylic acid groups (broad SMARTS) is 1. The van der Waals surface area contributed by atoms with Crippen LogP contribution in [0.3, 0.4) is 0 Å². The Morgan fingerprint density at radius 1 is 1.73 bits per heavy atom. The molecule has 0 bridgehead atoms. The maximum absolute atomic E-state index is 11.3. The summed E-state index contributed by atoms with van der Waals surface area (Å²) in [5, 5.41) is 10.7. The summed E-state index contributed by atoms with van der Waals surface area (Å²) in [6, 6.07) is 0. The second kappa shape index (κ2) is 4.28. The van der Waals surface area contributed by atoms with Gasteiger partial charge in [0.2, 0.25) is 5.91 Å². The standard InChI is InChI=1S/C9H13NO3S.Na/c1-9(2)5(8(12)13)4-10-6(11)3-7(10)14-9;/h5,7H,3-4H2,1-2H3,(H,12,13);/q;+1/p-1/t5-,7+;/m0./s1/i3D;/t3?,5-,7+;. The zero-order chi connectivity index (χ0) is 11.4. The van der Waals surface area contributed by atoms with Crippen molar-refractivity contribution in [1.29, 1.82) is 0 Å². The van der Waals surface area contributed by atoms with Crippen molar-refractivity contribution < 1.29 is 45.6 Å². The number of fused-ring (bicyclic) bond motifs is 1. The van der Waals surface area contributed by atoms with E-state index >= 15 is 0 Å². The number of carbonyl (C=O) groups is 2. The van der Waals surface area contributed by atoms with Crippen molar-refractivity contribution in [3.8, 4) is 0 Å². The molecule has 0 N–H and O–H groups in total. The summed E-state index contributed by atoms with van der Waals surface area (Å²) in [4.78, 5) is 23.7. The summed E-state index contributed by atoms with van der Waals surface area (Å²) in [6.07, 6.45) is -0.725. The molecule has 2 heterocycles. The van der Waals surface area contributed by atoms with Crippen LogP contribution in [0.2, 0.25) is 0 Å². The van der Waals surface area contributed by atoms with Crippen LogP contribution in [0.25, 0.3) is 0 Å². The maximum atomic E-state index is 11.3. The molecule has 4 nitrogen and oxygen atoms in total. The Morgan fingerprint density at radius 3 is 2.87 bits per heavy atom. The van der Waals surface area contributed by atoms with Crippen LogP contribution in [-0.4, -0.2) is 33.4 Å². The number of thioether (sulfide) groups is 1. The van der Waals surface area contributed by atoms with Gasteiger partial charge < -0.3 is 14.8 Å². The summed E-state index contributed by atoms with van der Waals surface area (Å²) < 4.78 is 7.05. The fraction of sp³-hybridized carbons (Fsp3) is 0.778. The minimum absolute atomic E-state index is 0. The Bertz CT molecular complexity index is 339. The Balaban J connectivity index is 0.00000128. The third-order valence-electron chi connectivity index (χ3n) is 2.80. The number of carboxylic acids is 1. The smallest absolute Gasteiger partial charge is 0.550 e. The summed E-state index contributed by atoms with van der Waals surface area (Å²) in [7, 11) is 0.